The number of hydrogen-bond acceptors (Lipinski definition) is 4. The van der Waals surface area contributed by atoms with E-state index in [1.165, 1.54) is 19.4 Å². The maximum Gasteiger partial charge on any atom is 0.273 e. The molecule has 0 aliphatic heterocycles. The largest absolute Gasteiger partial charge is 0.493 e. The van der Waals surface area contributed by atoms with Crippen LogP contribution in [0.25, 0.3) is 5.69 Å². The highest BCUT2D eigenvalue weighted by Gasteiger charge is 2.11. The molecule has 6 nitrogen and oxygen atoms in total. The minimum absolute atomic E-state index is 0.0767. The van der Waals surface area contributed by atoms with Crippen molar-refractivity contribution in [3.63, 3.8) is 0 Å². The Morgan fingerprint density at radius 1 is 1.00 bits per heavy atom. The number of aromatic nitrogens is 1. The number of carbonyl (C=O) groups excluding carboxylic acids is 1. The minimum Gasteiger partial charge on any atom is -0.493 e. The Hall–Kier alpha value is -4.39. The van der Waals surface area contributed by atoms with Gasteiger partial charge in [-0.05, 0) is 54.1 Å². The fraction of sp³-hybridized carbons (Fsp3) is 0.0769. The Labute approximate surface area is 190 Å². The van der Waals surface area contributed by atoms with E-state index in [0.717, 1.165) is 5.69 Å². The number of rotatable bonds is 8. The molecule has 1 amide bonds. The summed E-state index contributed by atoms with van der Waals surface area (Å²) in [5.74, 6) is 0.295. The molecule has 0 spiro atoms. The van der Waals surface area contributed by atoms with Crippen LogP contribution in [0, 0.1) is 5.82 Å². The molecule has 4 aromatic rings. The summed E-state index contributed by atoms with van der Waals surface area (Å²) in [4.78, 5) is 12.7. The van der Waals surface area contributed by atoms with Gasteiger partial charge in [0, 0.05) is 18.0 Å². The van der Waals surface area contributed by atoms with E-state index in [-0.39, 0.29) is 18.3 Å². The van der Waals surface area contributed by atoms with Crippen LogP contribution in [0.2, 0.25) is 0 Å². The van der Waals surface area contributed by atoms with Crippen molar-refractivity contribution in [2.45, 2.75) is 6.61 Å². The normalized spacial score (nSPS) is 10.8. The second-order valence-electron chi connectivity index (χ2n) is 7.10. The predicted molar refractivity (Wildman–Crippen MR) is 125 cm³/mol. The van der Waals surface area contributed by atoms with Gasteiger partial charge in [-0.1, -0.05) is 30.3 Å². The van der Waals surface area contributed by atoms with Crippen molar-refractivity contribution in [2.24, 2.45) is 5.10 Å². The maximum absolute atomic E-state index is 13.8. The van der Waals surface area contributed by atoms with Crippen molar-refractivity contribution < 1.29 is 18.7 Å². The summed E-state index contributed by atoms with van der Waals surface area (Å²) in [6.45, 7) is 0.0767. The number of halogens is 1. The van der Waals surface area contributed by atoms with Gasteiger partial charge in [0.1, 0.15) is 12.4 Å². The fourth-order valence-electron chi connectivity index (χ4n) is 3.27. The van der Waals surface area contributed by atoms with Gasteiger partial charge in [0.05, 0.1) is 24.6 Å². The highest BCUT2D eigenvalue weighted by Crippen LogP contribution is 2.28. The molecule has 0 bridgehead atoms. The average molecular weight is 443 g/mol. The lowest BCUT2D eigenvalue weighted by atomic mass is 10.1. The lowest BCUT2D eigenvalue weighted by Crippen LogP contribution is -2.19. The van der Waals surface area contributed by atoms with E-state index >= 15 is 0 Å². The molecule has 0 atom stereocenters. The van der Waals surface area contributed by atoms with Crippen LogP contribution in [0.1, 0.15) is 21.5 Å². The number of nitrogens with one attached hydrogen (secondary N) is 1. The Morgan fingerprint density at radius 2 is 1.76 bits per heavy atom. The number of ether oxygens (including phenoxy) is 2. The molecular formula is C26H22FN3O3. The summed E-state index contributed by atoms with van der Waals surface area (Å²) in [5, 5.41) is 4.07. The second kappa shape index (κ2) is 10.3. The highest BCUT2D eigenvalue weighted by molar-refractivity contribution is 5.98. The fourth-order valence-corrected chi connectivity index (χ4v) is 3.27. The van der Waals surface area contributed by atoms with Crippen molar-refractivity contribution in [1.29, 1.82) is 0 Å². The Balaban J connectivity index is 1.43. The molecule has 166 valence electrons. The van der Waals surface area contributed by atoms with Crippen molar-refractivity contribution >= 4 is 12.1 Å². The first kappa shape index (κ1) is 21.8. The third kappa shape index (κ3) is 5.27. The number of nitrogens with zero attached hydrogens (tertiary/aromatic N) is 2. The molecule has 0 saturated carbocycles. The SMILES string of the molecule is COc1cc(C=NNC(=O)c2ccccc2-n2cccc2)ccc1OCc1ccccc1F. The summed E-state index contributed by atoms with van der Waals surface area (Å²) in [6, 6.07) is 22.7. The first-order valence-electron chi connectivity index (χ1n) is 10.3. The van der Waals surface area contributed by atoms with Gasteiger partial charge in [-0.2, -0.15) is 5.10 Å². The van der Waals surface area contributed by atoms with E-state index in [9.17, 15) is 9.18 Å². The molecule has 0 saturated heterocycles. The molecule has 0 unspecified atom stereocenters. The third-order valence-corrected chi connectivity index (χ3v) is 4.94. The van der Waals surface area contributed by atoms with Gasteiger partial charge in [0.2, 0.25) is 0 Å². The zero-order valence-electron chi connectivity index (χ0n) is 17.9. The van der Waals surface area contributed by atoms with Crippen LogP contribution in [0.15, 0.2) is 96.4 Å². The zero-order chi connectivity index (χ0) is 23.0. The summed E-state index contributed by atoms with van der Waals surface area (Å²) >= 11 is 0. The molecule has 0 aliphatic carbocycles. The zero-order valence-corrected chi connectivity index (χ0v) is 17.9. The lowest BCUT2D eigenvalue weighted by Gasteiger charge is -2.12. The van der Waals surface area contributed by atoms with Crippen LogP contribution < -0.4 is 14.9 Å². The molecule has 4 rings (SSSR count). The molecular weight excluding hydrogens is 421 g/mol. The van der Waals surface area contributed by atoms with Gasteiger partial charge < -0.3 is 14.0 Å². The number of hydrazone groups is 1. The smallest absolute Gasteiger partial charge is 0.273 e. The molecule has 7 heteroatoms. The van der Waals surface area contributed by atoms with Crippen LogP contribution in [-0.4, -0.2) is 23.8 Å². The molecule has 0 aliphatic rings. The van der Waals surface area contributed by atoms with Crippen molar-refractivity contribution in [1.82, 2.24) is 9.99 Å². The topological polar surface area (TPSA) is 64.8 Å². The highest BCUT2D eigenvalue weighted by atomic mass is 19.1. The third-order valence-electron chi connectivity index (χ3n) is 4.94. The van der Waals surface area contributed by atoms with E-state index in [0.29, 0.717) is 28.2 Å². The minimum atomic E-state index is -0.327. The molecule has 3 aromatic carbocycles. The summed E-state index contributed by atoms with van der Waals surface area (Å²) < 4.78 is 26.8. The van der Waals surface area contributed by atoms with E-state index in [4.69, 9.17) is 9.47 Å². The number of benzene rings is 3. The predicted octanol–water partition coefficient (Wildman–Crippen LogP) is 4.97. The first-order chi connectivity index (χ1) is 16.2. The van der Waals surface area contributed by atoms with Crippen molar-refractivity contribution in [3.05, 3.63) is 114 Å². The number of para-hydroxylation sites is 1. The summed E-state index contributed by atoms with van der Waals surface area (Å²) in [7, 11) is 1.52. The monoisotopic (exact) mass is 443 g/mol. The van der Waals surface area contributed by atoms with Gasteiger partial charge in [0.15, 0.2) is 11.5 Å². The van der Waals surface area contributed by atoms with Crippen molar-refractivity contribution in [3.8, 4) is 17.2 Å². The standard InChI is InChI=1S/C26H22FN3O3/c1-32-25-16-19(12-13-24(25)33-18-20-8-2-4-10-22(20)27)17-28-29-26(31)21-9-3-5-11-23(21)30-14-6-7-15-30/h2-17H,18H2,1H3,(H,29,31). The van der Waals surface area contributed by atoms with Gasteiger partial charge in [0.25, 0.3) is 5.91 Å². The molecule has 1 N–H and O–H groups in total. The Morgan fingerprint density at radius 3 is 2.55 bits per heavy atom. The van der Waals surface area contributed by atoms with Gasteiger partial charge in [-0.15, -0.1) is 0 Å². The van der Waals surface area contributed by atoms with Gasteiger partial charge in [-0.25, -0.2) is 9.82 Å². The van der Waals surface area contributed by atoms with Crippen LogP contribution >= 0.6 is 0 Å². The van der Waals surface area contributed by atoms with Gasteiger partial charge in [-0.3, -0.25) is 4.79 Å². The average Bonchev–Trinajstić information content (AvgIpc) is 3.39. The van der Waals surface area contributed by atoms with Crippen LogP contribution in [-0.2, 0) is 6.61 Å². The van der Waals surface area contributed by atoms with E-state index < -0.39 is 0 Å². The van der Waals surface area contributed by atoms with Crippen LogP contribution in [0.3, 0.4) is 0 Å². The van der Waals surface area contributed by atoms with Crippen LogP contribution in [0.4, 0.5) is 4.39 Å². The van der Waals surface area contributed by atoms with E-state index in [1.807, 2.05) is 41.2 Å². The maximum atomic E-state index is 13.8. The molecule has 1 heterocycles. The Kier molecular flexibility index (Phi) is 6.80. The lowest BCUT2D eigenvalue weighted by molar-refractivity contribution is 0.0955. The summed E-state index contributed by atoms with van der Waals surface area (Å²) in [5.41, 5.74) is 4.97. The molecule has 1 aromatic heterocycles. The first-order valence-corrected chi connectivity index (χ1v) is 10.3. The number of methoxy groups -OCH3 is 1. The summed E-state index contributed by atoms with van der Waals surface area (Å²) in [6.07, 6.45) is 5.26. The Bertz CT molecular complexity index is 1270. The number of amides is 1. The molecule has 33 heavy (non-hydrogen) atoms. The van der Waals surface area contributed by atoms with Gasteiger partial charge >= 0.3 is 0 Å². The number of hydrogen-bond donors (Lipinski definition) is 1. The second-order valence-corrected chi connectivity index (χ2v) is 7.10. The molecule has 0 radical (unpaired) electrons. The quantitative estimate of drug-likeness (QED) is 0.309. The van der Waals surface area contributed by atoms with E-state index in [1.54, 1.807) is 48.5 Å². The van der Waals surface area contributed by atoms with Crippen molar-refractivity contribution in [2.75, 3.05) is 7.11 Å². The van der Waals surface area contributed by atoms with Crippen LogP contribution in [0.5, 0.6) is 11.5 Å². The van der Waals surface area contributed by atoms with E-state index in [2.05, 4.69) is 10.5 Å². The molecule has 0 fully saturated rings. The number of carbonyl (C=O) groups is 1.